The Morgan fingerprint density at radius 3 is 2.54 bits per heavy atom. The van der Waals surface area contributed by atoms with E-state index < -0.39 is 23.7 Å². The summed E-state index contributed by atoms with van der Waals surface area (Å²) in [6, 6.07) is 13.4. The number of benzene rings is 2. The molecule has 24 heavy (non-hydrogen) atoms. The molecule has 0 radical (unpaired) electrons. The summed E-state index contributed by atoms with van der Waals surface area (Å²) in [5, 5.41) is 11.2. The van der Waals surface area contributed by atoms with Crippen LogP contribution in [0.3, 0.4) is 0 Å². The van der Waals surface area contributed by atoms with E-state index in [1.807, 2.05) is 30.3 Å². The first-order valence-corrected chi connectivity index (χ1v) is 7.17. The van der Waals surface area contributed by atoms with Crippen molar-refractivity contribution < 1.29 is 18.7 Å². The summed E-state index contributed by atoms with van der Waals surface area (Å²) >= 11 is 0. The average molecular weight is 326 g/mol. The number of halogens is 1. The number of carbonyl (C=O) groups excluding carboxylic acids is 2. The fourth-order valence-corrected chi connectivity index (χ4v) is 2.17. The Labute approximate surface area is 138 Å². The number of methoxy groups -OCH3 is 1. The van der Waals surface area contributed by atoms with E-state index in [0.29, 0.717) is 0 Å². The van der Waals surface area contributed by atoms with Crippen molar-refractivity contribution >= 4 is 11.9 Å². The first-order chi connectivity index (χ1) is 11.5. The number of hydrogen-bond donors (Lipinski definition) is 1. The molecule has 0 aliphatic rings. The monoisotopic (exact) mass is 326 g/mol. The lowest BCUT2D eigenvalue weighted by Gasteiger charge is -2.16. The fraction of sp³-hybridized carbons (Fsp3) is 0.167. The Balaban J connectivity index is 2.17. The van der Waals surface area contributed by atoms with Gasteiger partial charge in [0.25, 0.3) is 5.91 Å². The SMILES string of the molecule is COC(=O)C(Cc1ccccc1)NC(=O)c1ccc(C#N)c(F)c1. The van der Waals surface area contributed by atoms with Gasteiger partial charge in [-0.25, -0.2) is 9.18 Å². The lowest BCUT2D eigenvalue weighted by Crippen LogP contribution is -2.43. The van der Waals surface area contributed by atoms with Gasteiger partial charge >= 0.3 is 5.97 Å². The number of carbonyl (C=O) groups is 2. The molecule has 1 atom stereocenters. The van der Waals surface area contributed by atoms with Gasteiger partial charge in [0.05, 0.1) is 12.7 Å². The van der Waals surface area contributed by atoms with E-state index in [2.05, 4.69) is 5.32 Å². The summed E-state index contributed by atoms with van der Waals surface area (Å²) in [6.45, 7) is 0. The number of esters is 1. The van der Waals surface area contributed by atoms with E-state index in [1.165, 1.54) is 19.2 Å². The zero-order valence-corrected chi connectivity index (χ0v) is 13.0. The zero-order valence-electron chi connectivity index (χ0n) is 13.0. The first kappa shape index (κ1) is 17.2. The summed E-state index contributed by atoms with van der Waals surface area (Å²) in [5.41, 5.74) is 0.716. The highest BCUT2D eigenvalue weighted by atomic mass is 19.1. The van der Waals surface area contributed by atoms with Crippen LogP contribution in [0, 0.1) is 17.1 Å². The number of hydrogen-bond acceptors (Lipinski definition) is 4. The maximum atomic E-state index is 13.6. The fourth-order valence-electron chi connectivity index (χ4n) is 2.17. The maximum Gasteiger partial charge on any atom is 0.328 e. The highest BCUT2D eigenvalue weighted by Crippen LogP contribution is 2.11. The third-order valence-corrected chi connectivity index (χ3v) is 3.43. The predicted octanol–water partition coefficient (Wildman–Crippen LogP) is 2.21. The minimum atomic E-state index is -0.899. The summed E-state index contributed by atoms with van der Waals surface area (Å²) in [7, 11) is 1.23. The predicted molar refractivity (Wildman–Crippen MR) is 84.5 cm³/mol. The van der Waals surface area contributed by atoms with Gasteiger partial charge in [0, 0.05) is 12.0 Å². The molecular weight excluding hydrogens is 311 g/mol. The van der Waals surface area contributed by atoms with Crippen LogP contribution in [0.15, 0.2) is 48.5 Å². The minimum absolute atomic E-state index is 0.0217. The summed E-state index contributed by atoms with van der Waals surface area (Å²) in [6.07, 6.45) is 0.248. The molecular formula is C18H15FN2O3. The van der Waals surface area contributed by atoms with Crippen LogP contribution < -0.4 is 5.32 Å². The minimum Gasteiger partial charge on any atom is -0.467 e. The average Bonchev–Trinajstić information content (AvgIpc) is 2.61. The number of amides is 1. The van der Waals surface area contributed by atoms with Gasteiger partial charge in [-0.15, -0.1) is 0 Å². The second-order valence-corrected chi connectivity index (χ2v) is 5.05. The van der Waals surface area contributed by atoms with Gasteiger partial charge in [-0.2, -0.15) is 5.26 Å². The van der Waals surface area contributed by atoms with Crippen molar-refractivity contribution in [3.63, 3.8) is 0 Å². The Morgan fingerprint density at radius 1 is 1.25 bits per heavy atom. The van der Waals surface area contributed by atoms with E-state index in [9.17, 15) is 14.0 Å². The van der Waals surface area contributed by atoms with Crippen LogP contribution in [0.5, 0.6) is 0 Å². The quantitative estimate of drug-likeness (QED) is 0.855. The van der Waals surface area contributed by atoms with Crippen LogP contribution in [0.1, 0.15) is 21.5 Å². The molecule has 2 rings (SSSR count). The normalized spacial score (nSPS) is 11.2. The van der Waals surface area contributed by atoms with Crippen molar-refractivity contribution in [3.8, 4) is 6.07 Å². The lowest BCUT2D eigenvalue weighted by molar-refractivity contribution is -0.142. The lowest BCUT2D eigenvalue weighted by atomic mass is 10.0. The molecule has 2 aromatic rings. The number of ether oxygens (including phenoxy) is 1. The molecule has 0 saturated carbocycles. The van der Waals surface area contributed by atoms with Crippen molar-refractivity contribution in [2.24, 2.45) is 0 Å². The summed E-state index contributed by atoms with van der Waals surface area (Å²) in [5.74, 6) is -2.01. The number of nitrogens with one attached hydrogen (secondary N) is 1. The Hall–Kier alpha value is -3.20. The summed E-state index contributed by atoms with van der Waals surface area (Å²) < 4.78 is 18.3. The van der Waals surface area contributed by atoms with Crippen molar-refractivity contribution in [2.45, 2.75) is 12.5 Å². The summed E-state index contributed by atoms with van der Waals surface area (Å²) in [4.78, 5) is 24.1. The molecule has 0 bridgehead atoms. The van der Waals surface area contributed by atoms with Gasteiger partial charge in [-0.05, 0) is 23.8 Å². The third-order valence-electron chi connectivity index (χ3n) is 3.43. The molecule has 6 heteroatoms. The topological polar surface area (TPSA) is 79.2 Å². The molecule has 1 unspecified atom stereocenters. The van der Waals surface area contributed by atoms with Crippen LogP contribution in [0.2, 0.25) is 0 Å². The largest absolute Gasteiger partial charge is 0.467 e. The van der Waals surface area contributed by atoms with E-state index in [1.54, 1.807) is 6.07 Å². The second kappa shape index (κ2) is 7.88. The standard InChI is InChI=1S/C18H15FN2O3/c1-24-18(23)16(9-12-5-3-2-4-6-12)21-17(22)13-7-8-14(11-20)15(19)10-13/h2-8,10,16H,9H2,1H3,(H,21,22). The van der Waals surface area contributed by atoms with E-state index in [4.69, 9.17) is 10.00 Å². The van der Waals surface area contributed by atoms with Gasteiger partial charge in [0.1, 0.15) is 17.9 Å². The van der Waals surface area contributed by atoms with Gasteiger partial charge in [0.2, 0.25) is 0 Å². The highest BCUT2D eigenvalue weighted by Gasteiger charge is 2.23. The molecule has 1 N–H and O–H groups in total. The molecule has 0 aromatic heterocycles. The Morgan fingerprint density at radius 2 is 1.96 bits per heavy atom. The molecule has 0 aliphatic heterocycles. The Bertz CT molecular complexity index is 785. The number of rotatable bonds is 5. The van der Waals surface area contributed by atoms with Crippen molar-refractivity contribution in [1.29, 1.82) is 5.26 Å². The molecule has 122 valence electrons. The smallest absolute Gasteiger partial charge is 0.328 e. The van der Waals surface area contributed by atoms with Crippen LogP contribution in [-0.4, -0.2) is 25.0 Å². The first-order valence-electron chi connectivity index (χ1n) is 7.17. The van der Waals surface area contributed by atoms with E-state index in [-0.39, 0.29) is 17.5 Å². The van der Waals surface area contributed by atoms with Crippen LogP contribution in [0.25, 0.3) is 0 Å². The third kappa shape index (κ3) is 4.17. The molecule has 0 aliphatic carbocycles. The molecule has 0 spiro atoms. The van der Waals surface area contributed by atoms with Crippen molar-refractivity contribution in [3.05, 3.63) is 71.0 Å². The molecule has 0 fully saturated rings. The van der Waals surface area contributed by atoms with Gasteiger partial charge < -0.3 is 10.1 Å². The van der Waals surface area contributed by atoms with Crippen LogP contribution >= 0.6 is 0 Å². The molecule has 5 nitrogen and oxygen atoms in total. The molecule has 2 aromatic carbocycles. The molecule has 1 amide bonds. The number of nitrogens with zero attached hydrogens (tertiary/aromatic N) is 1. The van der Waals surface area contributed by atoms with E-state index in [0.717, 1.165) is 11.6 Å². The van der Waals surface area contributed by atoms with Gasteiger partial charge in [-0.1, -0.05) is 30.3 Å². The highest BCUT2D eigenvalue weighted by molar-refractivity contribution is 5.97. The molecule has 0 heterocycles. The van der Waals surface area contributed by atoms with E-state index >= 15 is 0 Å². The van der Waals surface area contributed by atoms with Gasteiger partial charge in [-0.3, -0.25) is 4.79 Å². The van der Waals surface area contributed by atoms with Crippen LogP contribution in [-0.2, 0) is 16.0 Å². The molecule has 0 saturated heterocycles. The zero-order chi connectivity index (χ0) is 17.5. The van der Waals surface area contributed by atoms with Crippen molar-refractivity contribution in [2.75, 3.05) is 7.11 Å². The van der Waals surface area contributed by atoms with Crippen LogP contribution in [0.4, 0.5) is 4.39 Å². The Kier molecular flexibility index (Phi) is 5.63. The second-order valence-electron chi connectivity index (χ2n) is 5.05. The van der Waals surface area contributed by atoms with Crippen molar-refractivity contribution in [1.82, 2.24) is 5.32 Å². The number of nitriles is 1. The van der Waals surface area contributed by atoms with Gasteiger partial charge in [0.15, 0.2) is 0 Å². The maximum absolute atomic E-state index is 13.6.